The molecule has 116 valence electrons. The zero-order valence-electron chi connectivity index (χ0n) is 12.4. The molecule has 0 radical (unpaired) electrons. The summed E-state index contributed by atoms with van der Waals surface area (Å²) in [6.45, 7) is 2.02. The van der Waals surface area contributed by atoms with Gasteiger partial charge in [0.25, 0.3) is 0 Å². The van der Waals surface area contributed by atoms with Gasteiger partial charge >= 0.3 is 0 Å². The Morgan fingerprint density at radius 2 is 2.00 bits per heavy atom. The number of amides is 1. The van der Waals surface area contributed by atoms with Crippen LogP contribution in [0.5, 0.6) is 0 Å². The van der Waals surface area contributed by atoms with E-state index in [9.17, 15) is 4.79 Å². The van der Waals surface area contributed by atoms with Crippen LogP contribution < -0.4 is 5.32 Å². The van der Waals surface area contributed by atoms with Crippen LogP contribution in [0.1, 0.15) is 5.56 Å². The number of benzene rings is 2. The van der Waals surface area contributed by atoms with Gasteiger partial charge in [-0.05, 0) is 35.5 Å². The Labute approximate surface area is 138 Å². The highest BCUT2D eigenvalue weighted by Gasteiger charge is 2.12. The van der Waals surface area contributed by atoms with E-state index in [1.165, 1.54) is 4.68 Å². The SMILES string of the molecule is Cc1ccc(-c2nnnn2CC(=O)Nc2cccc(Cl)c2)cc1. The van der Waals surface area contributed by atoms with E-state index in [-0.39, 0.29) is 12.5 Å². The molecule has 0 unspecified atom stereocenters. The molecule has 6 nitrogen and oxygen atoms in total. The minimum Gasteiger partial charge on any atom is -0.324 e. The number of aromatic nitrogens is 4. The van der Waals surface area contributed by atoms with Crippen molar-refractivity contribution in [2.75, 3.05) is 5.32 Å². The number of hydrogen-bond acceptors (Lipinski definition) is 4. The second-order valence-electron chi connectivity index (χ2n) is 5.08. The molecule has 0 bridgehead atoms. The van der Waals surface area contributed by atoms with Crippen LogP contribution >= 0.6 is 11.6 Å². The van der Waals surface area contributed by atoms with Gasteiger partial charge in [0.05, 0.1) is 0 Å². The molecular weight excluding hydrogens is 314 g/mol. The molecule has 0 aliphatic rings. The van der Waals surface area contributed by atoms with E-state index in [1.54, 1.807) is 24.3 Å². The van der Waals surface area contributed by atoms with Gasteiger partial charge in [-0.3, -0.25) is 4.79 Å². The minimum atomic E-state index is -0.229. The van der Waals surface area contributed by atoms with E-state index in [0.717, 1.165) is 11.1 Å². The van der Waals surface area contributed by atoms with Crippen LogP contribution in [0.15, 0.2) is 48.5 Å². The molecule has 7 heteroatoms. The van der Waals surface area contributed by atoms with Crippen LogP contribution in [0.3, 0.4) is 0 Å². The van der Waals surface area contributed by atoms with Crippen molar-refractivity contribution >= 4 is 23.2 Å². The van der Waals surface area contributed by atoms with Crippen molar-refractivity contribution in [1.29, 1.82) is 0 Å². The van der Waals surface area contributed by atoms with Crippen LogP contribution in [0.25, 0.3) is 11.4 Å². The predicted molar refractivity (Wildman–Crippen MR) is 88.1 cm³/mol. The summed E-state index contributed by atoms with van der Waals surface area (Å²) in [5.74, 6) is 0.319. The molecule has 1 heterocycles. The summed E-state index contributed by atoms with van der Waals surface area (Å²) in [4.78, 5) is 12.2. The van der Waals surface area contributed by atoms with Crippen LogP contribution in [0, 0.1) is 6.92 Å². The quantitative estimate of drug-likeness (QED) is 0.799. The van der Waals surface area contributed by atoms with Crippen molar-refractivity contribution < 1.29 is 4.79 Å². The molecule has 0 fully saturated rings. The van der Waals surface area contributed by atoms with Crippen LogP contribution in [-0.4, -0.2) is 26.1 Å². The Hall–Kier alpha value is -2.73. The Morgan fingerprint density at radius 1 is 1.22 bits per heavy atom. The van der Waals surface area contributed by atoms with Crippen LogP contribution in [0.4, 0.5) is 5.69 Å². The fraction of sp³-hybridized carbons (Fsp3) is 0.125. The topological polar surface area (TPSA) is 72.7 Å². The van der Waals surface area contributed by atoms with Crippen LogP contribution in [-0.2, 0) is 11.3 Å². The molecule has 0 aliphatic heterocycles. The molecule has 0 spiro atoms. The molecule has 3 rings (SSSR count). The van der Waals surface area contributed by atoms with Gasteiger partial charge in [-0.15, -0.1) is 5.10 Å². The highest BCUT2D eigenvalue weighted by atomic mass is 35.5. The van der Waals surface area contributed by atoms with Crippen molar-refractivity contribution in [3.05, 3.63) is 59.1 Å². The first-order chi connectivity index (χ1) is 11.1. The summed E-state index contributed by atoms with van der Waals surface area (Å²) in [7, 11) is 0. The Bertz CT molecular complexity index is 828. The Balaban J connectivity index is 1.75. The summed E-state index contributed by atoms with van der Waals surface area (Å²) in [6.07, 6.45) is 0. The van der Waals surface area contributed by atoms with Gasteiger partial charge in [-0.1, -0.05) is 47.5 Å². The van der Waals surface area contributed by atoms with Crippen molar-refractivity contribution in [1.82, 2.24) is 20.2 Å². The summed E-state index contributed by atoms with van der Waals surface area (Å²) in [5.41, 5.74) is 2.63. The smallest absolute Gasteiger partial charge is 0.246 e. The van der Waals surface area contributed by atoms with Crippen LogP contribution in [0.2, 0.25) is 5.02 Å². The molecule has 1 N–H and O–H groups in total. The number of carbonyl (C=O) groups is 1. The fourth-order valence-corrected chi connectivity index (χ4v) is 2.31. The van der Waals surface area contributed by atoms with Crippen molar-refractivity contribution in [3.8, 4) is 11.4 Å². The summed E-state index contributed by atoms with van der Waals surface area (Å²) < 4.78 is 1.46. The van der Waals surface area contributed by atoms with E-state index in [4.69, 9.17) is 11.6 Å². The highest BCUT2D eigenvalue weighted by Crippen LogP contribution is 2.17. The standard InChI is InChI=1S/C16H14ClN5O/c1-11-5-7-12(8-6-11)16-19-20-21-22(16)10-15(23)18-14-4-2-3-13(17)9-14/h2-9H,10H2,1H3,(H,18,23). The number of nitrogens with zero attached hydrogens (tertiary/aromatic N) is 4. The first kappa shape index (κ1) is 15.2. The average Bonchev–Trinajstić information content (AvgIpc) is 2.96. The first-order valence-corrected chi connectivity index (χ1v) is 7.38. The van der Waals surface area contributed by atoms with E-state index in [1.807, 2.05) is 31.2 Å². The number of nitrogens with one attached hydrogen (secondary N) is 1. The summed E-state index contributed by atoms with van der Waals surface area (Å²) in [5, 5.41) is 14.9. The maximum Gasteiger partial charge on any atom is 0.246 e. The fourth-order valence-electron chi connectivity index (χ4n) is 2.12. The van der Waals surface area contributed by atoms with Gasteiger partial charge in [-0.25, -0.2) is 4.68 Å². The predicted octanol–water partition coefficient (Wildman–Crippen LogP) is 2.94. The lowest BCUT2D eigenvalue weighted by molar-refractivity contribution is -0.116. The number of hydrogen-bond donors (Lipinski definition) is 1. The van der Waals surface area contributed by atoms with Crippen molar-refractivity contribution in [2.45, 2.75) is 13.5 Å². The molecule has 3 aromatic rings. The average molecular weight is 328 g/mol. The van der Waals surface area contributed by atoms with E-state index >= 15 is 0 Å². The molecule has 0 aliphatic carbocycles. The third-order valence-electron chi connectivity index (χ3n) is 3.24. The number of tetrazole rings is 1. The maximum atomic E-state index is 12.2. The van der Waals surface area contributed by atoms with Crippen molar-refractivity contribution in [2.24, 2.45) is 0 Å². The first-order valence-electron chi connectivity index (χ1n) is 7.00. The third kappa shape index (κ3) is 3.73. The normalized spacial score (nSPS) is 10.5. The lowest BCUT2D eigenvalue weighted by Gasteiger charge is -2.07. The van der Waals surface area contributed by atoms with Gasteiger partial charge in [0.15, 0.2) is 5.82 Å². The lowest BCUT2D eigenvalue weighted by atomic mass is 10.1. The molecule has 0 atom stereocenters. The Morgan fingerprint density at radius 3 is 2.74 bits per heavy atom. The summed E-state index contributed by atoms with van der Waals surface area (Å²) >= 11 is 5.90. The second kappa shape index (κ2) is 6.58. The second-order valence-corrected chi connectivity index (χ2v) is 5.52. The van der Waals surface area contributed by atoms with E-state index < -0.39 is 0 Å². The lowest BCUT2D eigenvalue weighted by Crippen LogP contribution is -2.20. The Kier molecular flexibility index (Phi) is 4.34. The molecular formula is C16H14ClN5O. The third-order valence-corrected chi connectivity index (χ3v) is 3.48. The molecule has 1 amide bonds. The molecule has 0 saturated heterocycles. The minimum absolute atomic E-state index is 0.0166. The highest BCUT2D eigenvalue weighted by molar-refractivity contribution is 6.30. The van der Waals surface area contributed by atoms with Gasteiger partial charge in [-0.2, -0.15) is 0 Å². The molecule has 23 heavy (non-hydrogen) atoms. The number of carbonyl (C=O) groups excluding carboxylic acids is 1. The van der Waals surface area contributed by atoms with Gasteiger partial charge in [0, 0.05) is 16.3 Å². The number of anilines is 1. The number of aryl methyl sites for hydroxylation is 1. The number of halogens is 1. The van der Waals surface area contributed by atoms with E-state index in [0.29, 0.717) is 16.5 Å². The maximum absolute atomic E-state index is 12.2. The summed E-state index contributed by atoms with van der Waals surface area (Å²) in [6, 6.07) is 14.8. The van der Waals surface area contributed by atoms with Crippen molar-refractivity contribution in [3.63, 3.8) is 0 Å². The molecule has 0 saturated carbocycles. The van der Waals surface area contributed by atoms with E-state index in [2.05, 4.69) is 20.8 Å². The largest absolute Gasteiger partial charge is 0.324 e. The van der Waals surface area contributed by atoms with Gasteiger partial charge < -0.3 is 5.32 Å². The molecule has 2 aromatic carbocycles. The monoisotopic (exact) mass is 327 g/mol. The van der Waals surface area contributed by atoms with Gasteiger partial charge in [0.2, 0.25) is 5.91 Å². The van der Waals surface area contributed by atoms with Gasteiger partial charge in [0.1, 0.15) is 6.54 Å². The molecule has 1 aromatic heterocycles. The zero-order chi connectivity index (χ0) is 16.2. The zero-order valence-corrected chi connectivity index (χ0v) is 13.2. The number of rotatable bonds is 4.